The zero-order chi connectivity index (χ0) is 9.59. The van der Waals surface area contributed by atoms with Gasteiger partial charge in [-0.15, -0.1) is 0 Å². The minimum Gasteiger partial charge on any atom is -0.465 e. The number of hydrogen-bond donors (Lipinski definition) is 2. The summed E-state index contributed by atoms with van der Waals surface area (Å²) < 4.78 is 0. The van der Waals surface area contributed by atoms with Crippen LogP contribution in [-0.4, -0.2) is 57.4 Å². The summed E-state index contributed by atoms with van der Waals surface area (Å²) in [4.78, 5) is 23.8. The molecule has 0 unspecified atom stereocenters. The topological polar surface area (TPSA) is 81.1 Å². The standard InChI is InChI=1S/C7H10N2O4/c10-6(11)8-2-1-4-5(8)3-9(4)7(12)13/h4-5H,1-3H2,(H,10,11)(H,12,13)/t4-,5-/m1/s1. The van der Waals surface area contributed by atoms with Crippen molar-refractivity contribution in [1.82, 2.24) is 9.80 Å². The van der Waals surface area contributed by atoms with Crippen molar-refractivity contribution in [2.75, 3.05) is 13.1 Å². The van der Waals surface area contributed by atoms with Crippen molar-refractivity contribution < 1.29 is 19.8 Å². The fraction of sp³-hybridized carbons (Fsp3) is 0.714. The lowest BCUT2D eigenvalue weighted by molar-refractivity contribution is 0.0300. The molecule has 0 aliphatic carbocycles. The number of rotatable bonds is 0. The summed E-state index contributed by atoms with van der Waals surface area (Å²) in [5, 5.41) is 17.4. The fourth-order valence-corrected chi connectivity index (χ4v) is 2.08. The molecule has 2 N–H and O–H groups in total. The van der Waals surface area contributed by atoms with E-state index in [0.717, 1.165) is 0 Å². The minimum atomic E-state index is -0.950. The van der Waals surface area contributed by atoms with Crippen molar-refractivity contribution >= 4 is 12.2 Å². The van der Waals surface area contributed by atoms with Crippen molar-refractivity contribution in [3.05, 3.63) is 0 Å². The Labute approximate surface area is 74.3 Å². The Morgan fingerprint density at radius 1 is 1.08 bits per heavy atom. The first-order chi connectivity index (χ1) is 6.11. The quantitative estimate of drug-likeness (QED) is 0.562. The molecule has 72 valence electrons. The molecule has 2 fully saturated rings. The SMILES string of the molecule is O=C(O)N1CC[C@@H]2[C@H]1CN2C(=O)O. The minimum absolute atomic E-state index is 0.103. The predicted molar refractivity (Wildman–Crippen MR) is 41.7 cm³/mol. The van der Waals surface area contributed by atoms with Gasteiger partial charge >= 0.3 is 12.2 Å². The molecule has 0 aromatic rings. The van der Waals surface area contributed by atoms with Crippen LogP contribution in [0.15, 0.2) is 0 Å². The smallest absolute Gasteiger partial charge is 0.407 e. The second kappa shape index (κ2) is 2.51. The van der Waals surface area contributed by atoms with Crippen molar-refractivity contribution in [1.29, 1.82) is 0 Å². The van der Waals surface area contributed by atoms with E-state index in [1.165, 1.54) is 9.80 Å². The molecule has 2 saturated heterocycles. The van der Waals surface area contributed by atoms with Crippen LogP contribution in [0, 0.1) is 0 Å². The number of fused-ring (bicyclic) bond motifs is 1. The third-order valence-corrected chi connectivity index (χ3v) is 2.79. The Hall–Kier alpha value is -1.46. The molecule has 6 heteroatoms. The molecule has 2 rings (SSSR count). The Morgan fingerprint density at radius 2 is 1.69 bits per heavy atom. The van der Waals surface area contributed by atoms with E-state index in [4.69, 9.17) is 10.2 Å². The van der Waals surface area contributed by atoms with Crippen LogP contribution in [0.3, 0.4) is 0 Å². The highest BCUT2D eigenvalue weighted by Crippen LogP contribution is 2.32. The maximum atomic E-state index is 10.6. The third-order valence-electron chi connectivity index (χ3n) is 2.79. The lowest BCUT2D eigenvalue weighted by Crippen LogP contribution is -2.63. The highest BCUT2D eigenvalue weighted by molar-refractivity contribution is 5.70. The summed E-state index contributed by atoms with van der Waals surface area (Å²) in [7, 11) is 0. The maximum Gasteiger partial charge on any atom is 0.407 e. The molecular weight excluding hydrogens is 176 g/mol. The van der Waals surface area contributed by atoms with Gasteiger partial charge in [-0.3, -0.25) is 0 Å². The highest BCUT2D eigenvalue weighted by atomic mass is 16.4. The predicted octanol–water partition coefficient (Wildman–Crippen LogP) is 0.101. The maximum absolute atomic E-state index is 10.6. The average Bonchev–Trinajstić information content (AvgIpc) is 2.27. The van der Waals surface area contributed by atoms with Gasteiger partial charge in [-0.25, -0.2) is 9.59 Å². The molecule has 2 aliphatic heterocycles. The van der Waals surface area contributed by atoms with Gasteiger partial charge in [0.1, 0.15) is 0 Å². The Balaban J connectivity index is 2.02. The first-order valence-corrected chi connectivity index (χ1v) is 4.10. The largest absolute Gasteiger partial charge is 0.465 e. The van der Waals surface area contributed by atoms with Crippen molar-refractivity contribution in [2.24, 2.45) is 0 Å². The molecule has 0 radical (unpaired) electrons. The van der Waals surface area contributed by atoms with Crippen molar-refractivity contribution in [3.8, 4) is 0 Å². The van der Waals surface area contributed by atoms with Gasteiger partial charge in [0.25, 0.3) is 0 Å². The molecule has 13 heavy (non-hydrogen) atoms. The van der Waals surface area contributed by atoms with Gasteiger partial charge in [-0.2, -0.15) is 0 Å². The van der Waals surface area contributed by atoms with Crippen LogP contribution in [0.2, 0.25) is 0 Å². The van der Waals surface area contributed by atoms with Crippen LogP contribution in [0.1, 0.15) is 6.42 Å². The zero-order valence-electron chi connectivity index (χ0n) is 6.88. The van der Waals surface area contributed by atoms with Gasteiger partial charge in [0.05, 0.1) is 12.1 Å². The first kappa shape index (κ1) is 8.15. The summed E-state index contributed by atoms with van der Waals surface area (Å²) >= 11 is 0. The van der Waals surface area contributed by atoms with Crippen LogP contribution < -0.4 is 0 Å². The number of hydrogen-bond acceptors (Lipinski definition) is 2. The molecule has 2 aliphatic rings. The molecular formula is C7H10N2O4. The van der Waals surface area contributed by atoms with Gasteiger partial charge in [-0.05, 0) is 6.42 Å². The number of likely N-dealkylation sites (tertiary alicyclic amines) is 2. The average molecular weight is 186 g/mol. The third kappa shape index (κ3) is 1.01. The summed E-state index contributed by atoms with van der Waals surface area (Å²) in [5.74, 6) is 0. The Kier molecular flexibility index (Phi) is 1.58. The molecule has 0 aromatic carbocycles. The first-order valence-electron chi connectivity index (χ1n) is 4.10. The lowest BCUT2D eigenvalue weighted by Gasteiger charge is -2.44. The molecule has 0 spiro atoms. The van der Waals surface area contributed by atoms with Gasteiger partial charge in [0.2, 0.25) is 0 Å². The second-order valence-electron chi connectivity index (χ2n) is 3.33. The van der Waals surface area contributed by atoms with E-state index in [-0.39, 0.29) is 12.1 Å². The number of amides is 2. The molecule has 0 bridgehead atoms. The fourth-order valence-electron chi connectivity index (χ4n) is 2.08. The van der Waals surface area contributed by atoms with Crippen LogP contribution in [-0.2, 0) is 0 Å². The van der Waals surface area contributed by atoms with Gasteiger partial charge in [-0.1, -0.05) is 0 Å². The molecule has 2 amide bonds. The summed E-state index contributed by atoms with van der Waals surface area (Å²) in [6, 6.07) is -0.206. The van der Waals surface area contributed by atoms with Crippen LogP contribution >= 0.6 is 0 Å². The highest BCUT2D eigenvalue weighted by Gasteiger charge is 2.50. The van der Waals surface area contributed by atoms with Gasteiger partial charge < -0.3 is 20.0 Å². The Morgan fingerprint density at radius 3 is 2.23 bits per heavy atom. The molecule has 0 aromatic heterocycles. The van der Waals surface area contributed by atoms with Gasteiger partial charge in [0, 0.05) is 13.1 Å². The summed E-state index contributed by atoms with van der Waals surface area (Å²) in [6.45, 7) is 0.779. The van der Waals surface area contributed by atoms with Gasteiger partial charge in [0.15, 0.2) is 0 Å². The Bertz CT molecular complexity index is 267. The van der Waals surface area contributed by atoms with Crippen LogP contribution in [0.25, 0.3) is 0 Å². The van der Waals surface area contributed by atoms with Crippen molar-refractivity contribution in [2.45, 2.75) is 18.5 Å². The number of carboxylic acid groups (broad SMARTS) is 2. The van der Waals surface area contributed by atoms with E-state index in [0.29, 0.717) is 19.5 Å². The zero-order valence-corrected chi connectivity index (χ0v) is 6.88. The van der Waals surface area contributed by atoms with Crippen molar-refractivity contribution in [3.63, 3.8) is 0 Å². The summed E-state index contributed by atoms with van der Waals surface area (Å²) in [5.41, 5.74) is 0. The molecule has 0 saturated carbocycles. The van der Waals surface area contributed by atoms with E-state index in [1.54, 1.807) is 0 Å². The summed E-state index contributed by atoms with van der Waals surface area (Å²) in [6.07, 6.45) is -1.27. The van der Waals surface area contributed by atoms with E-state index in [1.807, 2.05) is 0 Å². The van der Waals surface area contributed by atoms with Crippen LogP contribution in [0.5, 0.6) is 0 Å². The molecule has 2 atom stereocenters. The number of nitrogens with zero attached hydrogens (tertiary/aromatic N) is 2. The number of carbonyl (C=O) groups is 2. The molecule has 2 heterocycles. The van der Waals surface area contributed by atoms with E-state index in [2.05, 4.69) is 0 Å². The van der Waals surface area contributed by atoms with E-state index >= 15 is 0 Å². The van der Waals surface area contributed by atoms with E-state index in [9.17, 15) is 9.59 Å². The lowest BCUT2D eigenvalue weighted by atomic mass is 9.98. The normalized spacial score (nSPS) is 31.1. The monoisotopic (exact) mass is 186 g/mol. The molecule has 6 nitrogen and oxygen atoms in total. The second-order valence-corrected chi connectivity index (χ2v) is 3.33. The van der Waals surface area contributed by atoms with E-state index < -0.39 is 12.2 Å². The van der Waals surface area contributed by atoms with Crippen LogP contribution in [0.4, 0.5) is 9.59 Å².